The fourth-order valence-corrected chi connectivity index (χ4v) is 2.99. The first-order valence-corrected chi connectivity index (χ1v) is 8.26. The molecule has 0 aliphatic carbocycles. The first-order valence-electron chi connectivity index (χ1n) is 7.01. The number of amides is 1. The van der Waals surface area contributed by atoms with E-state index in [1.165, 1.54) is 23.3 Å². The third-order valence-corrected chi connectivity index (χ3v) is 4.62. The highest BCUT2D eigenvalue weighted by Gasteiger charge is 2.33. The van der Waals surface area contributed by atoms with Crippen LogP contribution in [0.25, 0.3) is 0 Å². The van der Waals surface area contributed by atoms with Crippen LogP contribution in [0, 0.1) is 6.92 Å². The van der Waals surface area contributed by atoms with Crippen LogP contribution in [0.4, 0.5) is 0 Å². The van der Waals surface area contributed by atoms with E-state index in [0.29, 0.717) is 16.7 Å². The molecule has 0 radical (unpaired) electrons. The molecule has 1 amide bonds. The van der Waals surface area contributed by atoms with Crippen molar-refractivity contribution >= 4 is 34.7 Å². The Morgan fingerprint density at radius 1 is 1.48 bits per heavy atom. The van der Waals surface area contributed by atoms with E-state index >= 15 is 0 Å². The molecule has 0 saturated carbocycles. The number of ether oxygens (including phenoxy) is 2. The largest absolute Gasteiger partial charge is 0.484 e. The lowest BCUT2D eigenvalue weighted by molar-refractivity contribution is -0.135. The van der Waals surface area contributed by atoms with Gasteiger partial charge >= 0.3 is 0 Å². The molecule has 0 spiro atoms. The van der Waals surface area contributed by atoms with Gasteiger partial charge in [-0.25, -0.2) is 0 Å². The number of carbonyl (C=O) groups is 1. The molecular formula is C16H15ClN2O3S. The molecule has 2 aromatic rings. The fourth-order valence-electron chi connectivity index (χ4n) is 2.14. The van der Waals surface area contributed by atoms with Gasteiger partial charge in [0.05, 0.1) is 4.88 Å². The highest BCUT2D eigenvalue weighted by atomic mass is 35.5. The zero-order valence-corrected chi connectivity index (χ0v) is 14.2. The van der Waals surface area contributed by atoms with Crippen LogP contribution in [-0.4, -0.2) is 23.4 Å². The average Bonchev–Trinajstić information content (AvgIpc) is 3.16. The van der Waals surface area contributed by atoms with Crippen molar-refractivity contribution in [2.75, 3.05) is 6.61 Å². The highest BCUT2D eigenvalue weighted by molar-refractivity contribution is 7.10. The molecule has 5 nitrogen and oxygen atoms in total. The Hall–Kier alpha value is -2.05. The Morgan fingerprint density at radius 3 is 2.96 bits per heavy atom. The van der Waals surface area contributed by atoms with E-state index in [1.54, 1.807) is 12.1 Å². The first kappa shape index (κ1) is 15.8. The predicted molar refractivity (Wildman–Crippen MR) is 89.8 cm³/mol. The monoisotopic (exact) mass is 350 g/mol. The summed E-state index contributed by atoms with van der Waals surface area (Å²) in [5.74, 6) is 0.860. The topological polar surface area (TPSA) is 51.1 Å². The maximum atomic E-state index is 11.7. The van der Waals surface area contributed by atoms with Crippen molar-refractivity contribution < 1.29 is 14.3 Å². The van der Waals surface area contributed by atoms with Gasteiger partial charge in [-0.2, -0.15) is 5.01 Å². The number of hydrogen-bond acceptors (Lipinski definition) is 5. The number of nitrogens with zero attached hydrogens (tertiary/aromatic N) is 2. The summed E-state index contributed by atoms with van der Waals surface area (Å²) < 4.78 is 11.4. The first-order chi connectivity index (χ1) is 11.0. The second-order valence-electron chi connectivity index (χ2n) is 5.04. The molecule has 1 aromatic heterocycles. The van der Waals surface area contributed by atoms with Crippen LogP contribution in [0.5, 0.6) is 5.75 Å². The molecule has 0 saturated heterocycles. The van der Waals surface area contributed by atoms with Gasteiger partial charge < -0.3 is 9.47 Å². The van der Waals surface area contributed by atoms with Crippen molar-refractivity contribution in [3.8, 4) is 5.75 Å². The van der Waals surface area contributed by atoms with Gasteiger partial charge in [0.15, 0.2) is 6.61 Å². The van der Waals surface area contributed by atoms with Gasteiger partial charge in [0.25, 0.3) is 0 Å². The second-order valence-corrected chi connectivity index (χ2v) is 6.43. The number of halogens is 1. The molecule has 1 aliphatic heterocycles. The van der Waals surface area contributed by atoms with Crippen LogP contribution in [0.3, 0.4) is 0 Å². The zero-order chi connectivity index (χ0) is 16.4. The third-order valence-electron chi connectivity index (χ3n) is 3.29. The van der Waals surface area contributed by atoms with Crippen LogP contribution < -0.4 is 4.74 Å². The van der Waals surface area contributed by atoms with Crippen molar-refractivity contribution in [2.45, 2.75) is 20.1 Å². The standard InChI is InChI=1S/C16H15ClN2O3S/c1-10-8-12(5-6-13(10)17)21-9-15-18-19(11(2)20)16(22-15)14-4-3-7-23-14/h3-8,16H,9H2,1-2H3/t16-/m0/s1. The molecule has 1 atom stereocenters. The lowest BCUT2D eigenvalue weighted by Crippen LogP contribution is -2.24. The molecule has 0 fully saturated rings. The van der Waals surface area contributed by atoms with Crippen LogP contribution in [0.15, 0.2) is 40.8 Å². The normalized spacial score (nSPS) is 16.9. The maximum Gasteiger partial charge on any atom is 0.247 e. The van der Waals surface area contributed by atoms with Crippen molar-refractivity contribution in [1.29, 1.82) is 0 Å². The maximum absolute atomic E-state index is 11.7. The predicted octanol–water partition coefficient (Wildman–Crippen LogP) is 3.98. The Balaban J connectivity index is 1.69. The molecule has 23 heavy (non-hydrogen) atoms. The van der Waals surface area contributed by atoms with Crippen molar-refractivity contribution in [3.05, 3.63) is 51.2 Å². The molecule has 120 valence electrons. The van der Waals surface area contributed by atoms with E-state index < -0.39 is 6.23 Å². The van der Waals surface area contributed by atoms with Gasteiger partial charge in [0.1, 0.15) is 5.75 Å². The summed E-state index contributed by atoms with van der Waals surface area (Å²) >= 11 is 7.50. The molecule has 0 unspecified atom stereocenters. The van der Waals surface area contributed by atoms with Gasteiger partial charge in [-0.05, 0) is 42.1 Å². The SMILES string of the molecule is CC(=O)N1N=C(COc2ccc(Cl)c(C)c2)O[C@H]1c1cccs1. The summed E-state index contributed by atoms with van der Waals surface area (Å²) in [7, 11) is 0. The number of rotatable bonds is 4. The van der Waals surface area contributed by atoms with Gasteiger partial charge in [0.2, 0.25) is 18.0 Å². The zero-order valence-electron chi connectivity index (χ0n) is 12.7. The number of hydrazone groups is 1. The van der Waals surface area contributed by atoms with E-state index in [9.17, 15) is 4.79 Å². The molecule has 2 heterocycles. The lowest BCUT2D eigenvalue weighted by Gasteiger charge is -2.17. The molecule has 1 aromatic carbocycles. The average molecular weight is 351 g/mol. The Morgan fingerprint density at radius 2 is 2.30 bits per heavy atom. The summed E-state index contributed by atoms with van der Waals surface area (Å²) in [6.07, 6.45) is -0.516. The number of thiophene rings is 1. The quantitative estimate of drug-likeness (QED) is 0.838. The van der Waals surface area contributed by atoms with E-state index in [1.807, 2.05) is 30.5 Å². The minimum atomic E-state index is -0.516. The van der Waals surface area contributed by atoms with Crippen LogP contribution in [0.1, 0.15) is 23.6 Å². The summed E-state index contributed by atoms with van der Waals surface area (Å²) in [6, 6.07) is 9.22. The number of carbonyl (C=O) groups excluding carboxylic acids is 1. The lowest BCUT2D eigenvalue weighted by atomic mass is 10.2. The summed E-state index contributed by atoms with van der Waals surface area (Å²) in [4.78, 5) is 12.7. The molecular weight excluding hydrogens is 336 g/mol. The molecule has 7 heteroatoms. The van der Waals surface area contributed by atoms with E-state index in [0.717, 1.165) is 10.4 Å². The Labute approximate surface area is 143 Å². The second kappa shape index (κ2) is 6.60. The fraction of sp³-hybridized carbons (Fsp3) is 0.250. The van der Waals surface area contributed by atoms with E-state index in [2.05, 4.69) is 5.10 Å². The molecule has 1 aliphatic rings. The molecule has 3 rings (SSSR count). The van der Waals surface area contributed by atoms with Gasteiger partial charge in [-0.1, -0.05) is 17.7 Å². The molecule has 0 N–H and O–H groups in total. The van der Waals surface area contributed by atoms with Crippen LogP contribution >= 0.6 is 22.9 Å². The van der Waals surface area contributed by atoms with Crippen molar-refractivity contribution in [2.24, 2.45) is 5.10 Å². The minimum absolute atomic E-state index is 0.146. The molecule has 0 bridgehead atoms. The van der Waals surface area contributed by atoms with Crippen LogP contribution in [-0.2, 0) is 9.53 Å². The van der Waals surface area contributed by atoms with E-state index in [-0.39, 0.29) is 12.5 Å². The minimum Gasteiger partial charge on any atom is -0.484 e. The van der Waals surface area contributed by atoms with E-state index in [4.69, 9.17) is 21.1 Å². The van der Waals surface area contributed by atoms with Crippen molar-refractivity contribution in [1.82, 2.24) is 5.01 Å². The van der Waals surface area contributed by atoms with Gasteiger partial charge in [0, 0.05) is 11.9 Å². The Bertz CT molecular complexity index is 746. The third kappa shape index (κ3) is 3.48. The summed E-state index contributed by atoms with van der Waals surface area (Å²) in [5, 5.41) is 8.16. The number of benzene rings is 1. The Kier molecular flexibility index (Phi) is 4.54. The van der Waals surface area contributed by atoms with Crippen LogP contribution in [0.2, 0.25) is 5.02 Å². The highest BCUT2D eigenvalue weighted by Crippen LogP contribution is 2.31. The summed E-state index contributed by atoms with van der Waals surface area (Å²) in [6.45, 7) is 3.51. The summed E-state index contributed by atoms with van der Waals surface area (Å²) in [5.41, 5.74) is 0.931. The smallest absolute Gasteiger partial charge is 0.247 e. The number of aryl methyl sites for hydroxylation is 1. The number of hydrogen-bond donors (Lipinski definition) is 0. The van der Waals surface area contributed by atoms with Gasteiger partial charge in [-0.15, -0.1) is 16.4 Å². The van der Waals surface area contributed by atoms with Gasteiger partial charge in [-0.3, -0.25) is 4.79 Å². The van der Waals surface area contributed by atoms with Crippen molar-refractivity contribution in [3.63, 3.8) is 0 Å².